The summed E-state index contributed by atoms with van der Waals surface area (Å²) in [6.45, 7) is 2.84. The molecule has 182 valence electrons. The first-order chi connectivity index (χ1) is 16.9. The van der Waals surface area contributed by atoms with Crippen molar-refractivity contribution in [1.82, 2.24) is 23.8 Å². The zero-order valence-electron chi connectivity index (χ0n) is 19.6. The van der Waals surface area contributed by atoms with Crippen LogP contribution in [0.25, 0.3) is 22.6 Å². The minimum absolute atomic E-state index is 0.00671. The van der Waals surface area contributed by atoms with E-state index >= 15 is 0 Å². The van der Waals surface area contributed by atoms with Gasteiger partial charge in [0.2, 0.25) is 15.9 Å². The van der Waals surface area contributed by atoms with Gasteiger partial charge in [0.1, 0.15) is 11.3 Å². The summed E-state index contributed by atoms with van der Waals surface area (Å²) in [5.74, 6) is 1.17. The number of ether oxygens (including phenoxy) is 1. The fourth-order valence-corrected chi connectivity index (χ4v) is 6.22. The third kappa shape index (κ3) is 4.39. The van der Waals surface area contributed by atoms with Gasteiger partial charge in [0.15, 0.2) is 5.65 Å². The second-order valence-corrected chi connectivity index (χ2v) is 10.8. The maximum Gasteiger partial charge on any atom is 0.243 e. The van der Waals surface area contributed by atoms with Gasteiger partial charge >= 0.3 is 0 Å². The third-order valence-corrected chi connectivity index (χ3v) is 8.71. The Morgan fingerprint density at radius 3 is 2.46 bits per heavy atom. The molecule has 4 aromatic rings. The SMILES string of the molecule is CCc1ccc(S(=O)(=O)N2CCC(n3c(-c4ccncc4Cl)nc4ccc(OC)nc43)CC2)cc1. The number of sulfonamides is 1. The molecular weight excluding hydrogens is 486 g/mol. The molecule has 10 heteroatoms. The van der Waals surface area contributed by atoms with Crippen LogP contribution in [-0.2, 0) is 16.4 Å². The van der Waals surface area contributed by atoms with Gasteiger partial charge in [0.05, 0.1) is 17.0 Å². The van der Waals surface area contributed by atoms with Crippen molar-refractivity contribution in [3.05, 3.63) is 65.4 Å². The molecule has 0 N–H and O–H groups in total. The standard InChI is InChI=1S/C25H26ClN5O3S/c1-3-17-4-6-19(7-5-17)35(32,33)30-14-11-18(12-15-30)31-24(20-10-13-27-16-21(20)26)28-22-8-9-23(34-2)29-25(22)31/h4-10,13,16,18H,3,11-12,14-15H2,1-2H3. The number of piperidine rings is 1. The van der Waals surface area contributed by atoms with Gasteiger partial charge in [-0.25, -0.2) is 13.4 Å². The summed E-state index contributed by atoms with van der Waals surface area (Å²) >= 11 is 6.48. The predicted molar refractivity (Wildman–Crippen MR) is 135 cm³/mol. The van der Waals surface area contributed by atoms with E-state index in [9.17, 15) is 8.42 Å². The monoisotopic (exact) mass is 511 g/mol. The molecule has 0 unspecified atom stereocenters. The smallest absolute Gasteiger partial charge is 0.243 e. The van der Waals surface area contributed by atoms with Crippen molar-refractivity contribution in [2.45, 2.75) is 37.1 Å². The molecule has 4 heterocycles. The summed E-state index contributed by atoms with van der Waals surface area (Å²) in [4.78, 5) is 13.9. The van der Waals surface area contributed by atoms with Crippen LogP contribution in [0.2, 0.25) is 5.02 Å². The fraction of sp³-hybridized carbons (Fsp3) is 0.320. The Hall–Kier alpha value is -3.01. The Bertz CT molecular complexity index is 1460. The van der Waals surface area contributed by atoms with Crippen molar-refractivity contribution in [3.8, 4) is 17.3 Å². The molecule has 0 amide bonds. The van der Waals surface area contributed by atoms with Gasteiger partial charge in [-0.1, -0.05) is 30.7 Å². The molecule has 1 fully saturated rings. The molecule has 1 aromatic carbocycles. The van der Waals surface area contributed by atoms with Crippen molar-refractivity contribution in [2.24, 2.45) is 0 Å². The lowest BCUT2D eigenvalue weighted by Gasteiger charge is -2.32. The molecule has 1 saturated heterocycles. The first kappa shape index (κ1) is 23.7. The van der Waals surface area contributed by atoms with Crippen molar-refractivity contribution in [3.63, 3.8) is 0 Å². The number of nitrogens with zero attached hydrogens (tertiary/aromatic N) is 5. The van der Waals surface area contributed by atoms with Gasteiger partial charge in [0, 0.05) is 43.2 Å². The molecule has 35 heavy (non-hydrogen) atoms. The second-order valence-electron chi connectivity index (χ2n) is 8.49. The number of halogens is 1. The van der Waals surface area contributed by atoms with Crippen LogP contribution in [0.4, 0.5) is 0 Å². The highest BCUT2D eigenvalue weighted by atomic mass is 35.5. The summed E-state index contributed by atoms with van der Waals surface area (Å²) in [7, 11) is -1.98. The number of hydrogen-bond donors (Lipinski definition) is 0. The summed E-state index contributed by atoms with van der Waals surface area (Å²) < 4.78 is 35.5. The lowest BCUT2D eigenvalue weighted by molar-refractivity contribution is 0.278. The van der Waals surface area contributed by atoms with Crippen molar-refractivity contribution in [1.29, 1.82) is 0 Å². The van der Waals surface area contributed by atoms with Crippen LogP contribution in [0.3, 0.4) is 0 Å². The van der Waals surface area contributed by atoms with Gasteiger partial charge in [-0.05, 0) is 49.1 Å². The van der Waals surface area contributed by atoms with Crippen LogP contribution in [-0.4, -0.2) is 52.4 Å². The maximum absolute atomic E-state index is 13.3. The average molecular weight is 512 g/mol. The molecule has 0 radical (unpaired) electrons. The molecular formula is C25H26ClN5O3S. The van der Waals surface area contributed by atoms with Crippen LogP contribution in [0, 0.1) is 0 Å². The Morgan fingerprint density at radius 1 is 1.06 bits per heavy atom. The lowest BCUT2D eigenvalue weighted by atomic mass is 10.1. The Labute approximate surface area is 209 Å². The van der Waals surface area contributed by atoms with Crippen molar-refractivity contribution in [2.75, 3.05) is 20.2 Å². The summed E-state index contributed by atoms with van der Waals surface area (Å²) in [6, 6.07) is 12.6. The van der Waals surface area contributed by atoms with E-state index in [1.54, 1.807) is 42.0 Å². The van der Waals surface area contributed by atoms with Gasteiger partial charge < -0.3 is 9.30 Å². The number of benzene rings is 1. The minimum atomic E-state index is -3.56. The Morgan fingerprint density at radius 2 is 1.80 bits per heavy atom. The van der Waals surface area contributed by atoms with E-state index < -0.39 is 10.0 Å². The maximum atomic E-state index is 13.3. The molecule has 0 bridgehead atoms. The van der Waals surface area contributed by atoms with Crippen LogP contribution in [0.15, 0.2) is 59.8 Å². The number of fused-ring (bicyclic) bond motifs is 1. The van der Waals surface area contributed by atoms with E-state index in [4.69, 9.17) is 21.3 Å². The fourth-order valence-electron chi connectivity index (χ4n) is 4.55. The highest BCUT2D eigenvalue weighted by Gasteiger charge is 2.32. The summed E-state index contributed by atoms with van der Waals surface area (Å²) in [5, 5.41) is 0.492. The molecule has 3 aromatic heterocycles. The highest BCUT2D eigenvalue weighted by molar-refractivity contribution is 7.89. The number of methoxy groups -OCH3 is 1. The summed E-state index contributed by atoms with van der Waals surface area (Å²) in [5.41, 5.74) is 3.27. The topological polar surface area (TPSA) is 90.2 Å². The molecule has 0 saturated carbocycles. The normalized spacial score (nSPS) is 15.5. The number of rotatable bonds is 6. The van der Waals surface area contributed by atoms with Crippen molar-refractivity contribution >= 4 is 32.8 Å². The number of aromatic nitrogens is 4. The van der Waals surface area contributed by atoms with Crippen LogP contribution < -0.4 is 4.74 Å². The van der Waals surface area contributed by atoms with E-state index in [0.717, 1.165) is 23.1 Å². The number of pyridine rings is 2. The summed E-state index contributed by atoms with van der Waals surface area (Å²) in [6.07, 6.45) is 5.37. The van der Waals surface area contributed by atoms with Crippen molar-refractivity contribution < 1.29 is 13.2 Å². The minimum Gasteiger partial charge on any atom is -0.481 e. The van der Waals surface area contributed by atoms with Crippen LogP contribution >= 0.6 is 11.6 Å². The quantitative estimate of drug-likeness (QED) is 0.371. The first-order valence-electron chi connectivity index (χ1n) is 11.5. The molecule has 0 spiro atoms. The number of aryl methyl sites for hydroxylation is 1. The highest BCUT2D eigenvalue weighted by Crippen LogP contribution is 2.36. The Balaban J connectivity index is 1.48. The van der Waals surface area contributed by atoms with E-state index in [1.807, 2.05) is 31.2 Å². The first-order valence-corrected chi connectivity index (χ1v) is 13.4. The Kier molecular flexibility index (Phi) is 6.48. The third-order valence-electron chi connectivity index (χ3n) is 6.49. The molecule has 0 aliphatic carbocycles. The van der Waals surface area contributed by atoms with Crippen LogP contribution in [0.5, 0.6) is 5.88 Å². The lowest BCUT2D eigenvalue weighted by Crippen LogP contribution is -2.39. The van der Waals surface area contributed by atoms with E-state index in [-0.39, 0.29) is 6.04 Å². The average Bonchev–Trinajstić information content (AvgIpc) is 3.27. The van der Waals surface area contributed by atoms with E-state index in [0.29, 0.717) is 53.2 Å². The number of hydrogen-bond acceptors (Lipinski definition) is 6. The zero-order chi connectivity index (χ0) is 24.6. The largest absolute Gasteiger partial charge is 0.481 e. The van der Waals surface area contributed by atoms with E-state index in [1.165, 1.54) is 0 Å². The molecule has 1 aliphatic rings. The van der Waals surface area contributed by atoms with Crippen LogP contribution in [0.1, 0.15) is 31.4 Å². The second kappa shape index (κ2) is 9.56. The molecule has 1 aliphatic heterocycles. The zero-order valence-corrected chi connectivity index (χ0v) is 21.1. The molecule has 5 rings (SSSR count). The number of imidazole rings is 1. The van der Waals surface area contributed by atoms with E-state index in [2.05, 4.69) is 14.5 Å². The van der Waals surface area contributed by atoms with Gasteiger partial charge in [-0.15, -0.1) is 0 Å². The molecule has 8 nitrogen and oxygen atoms in total. The van der Waals surface area contributed by atoms with Gasteiger partial charge in [-0.3, -0.25) is 4.98 Å². The predicted octanol–water partition coefficient (Wildman–Crippen LogP) is 4.74. The molecule has 0 atom stereocenters. The van der Waals surface area contributed by atoms with Gasteiger partial charge in [-0.2, -0.15) is 9.29 Å². The van der Waals surface area contributed by atoms with Gasteiger partial charge in [0.25, 0.3) is 0 Å².